The predicted molar refractivity (Wildman–Crippen MR) is 118 cm³/mol. The van der Waals surface area contributed by atoms with Crippen LogP contribution in [0.25, 0.3) is 10.7 Å². The van der Waals surface area contributed by atoms with Crippen molar-refractivity contribution in [3.63, 3.8) is 0 Å². The van der Waals surface area contributed by atoms with Crippen molar-refractivity contribution in [2.24, 2.45) is 0 Å². The maximum absolute atomic E-state index is 6.36. The molecule has 1 saturated heterocycles. The Hall–Kier alpha value is -1.67. The molecule has 28 heavy (non-hydrogen) atoms. The Kier molecular flexibility index (Phi) is 5.00. The van der Waals surface area contributed by atoms with Crippen LogP contribution in [0.1, 0.15) is 18.9 Å². The normalized spacial score (nSPS) is 18.0. The lowest BCUT2D eigenvalue weighted by Crippen LogP contribution is -2.47. The van der Waals surface area contributed by atoms with Gasteiger partial charge in [-0.2, -0.15) is 0 Å². The van der Waals surface area contributed by atoms with Crippen molar-refractivity contribution >= 4 is 40.8 Å². The number of anilines is 1. The zero-order valence-corrected chi connectivity index (χ0v) is 17.9. The third-order valence-electron chi connectivity index (χ3n) is 5.42. The number of hydrogen-bond donors (Lipinski definition) is 0. The molecule has 1 saturated carbocycles. The molecule has 1 aromatic carbocycles. The van der Waals surface area contributed by atoms with Crippen LogP contribution in [0.5, 0.6) is 0 Å². The van der Waals surface area contributed by atoms with Crippen LogP contribution >= 0.6 is 35.2 Å². The minimum Gasteiger partial charge on any atom is -0.368 e. The molecule has 0 amide bonds. The highest BCUT2D eigenvalue weighted by Gasteiger charge is 2.30. The van der Waals surface area contributed by atoms with Gasteiger partial charge >= 0.3 is 0 Å². The second-order valence-electron chi connectivity index (χ2n) is 7.38. The molecule has 2 aliphatic rings. The van der Waals surface area contributed by atoms with Gasteiger partial charge in [-0.05, 0) is 48.6 Å². The molecule has 3 heterocycles. The van der Waals surface area contributed by atoms with E-state index in [0.717, 1.165) is 54.2 Å². The molecule has 0 spiro atoms. The summed E-state index contributed by atoms with van der Waals surface area (Å²) in [4.78, 5) is 5.98. The largest absolute Gasteiger partial charge is 0.368 e. The lowest BCUT2D eigenvalue weighted by molar-refractivity contribution is 0.194. The van der Waals surface area contributed by atoms with Gasteiger partial charge in [-0.1, -0.05) is 29.8 Å². The topological polar surface area (TPSA) is 29.2 Å². The average Bonchev–Trinajstić information content (AvgIpc) is 3.29. The lowest BCUT2D eigenvalue weighted by Gasteiger charge is -2.36. The Morgan fingerprint density at radius 2 is 1.86 bits per heavy atom. The van der Waals surface area contributed by atoms with Crippen LogP contribution in [0, 0.1) is 4.77 Å². The summed E-state index contributed by atoms with van der Waals surface area (Å²) in [5.41, 5.74) is 1.12. The highest BCUT2D eigenvalue weighted by Crippen LogP contribution is 2.39. The second-order valence-corrected chi connectivity index (χ2v) is 9.10. The maximum Gasteiger partial charge on any atom is 0.199 e. The third kappa shape index (κ3) is 3.52. The Balaban J connectivity index is 1.32. The van der Waals surface area contributed by atoms with Crippen molar-refractivity contribution < 1.29 is 0 Å². The smallest absolute Gasteiger partial charge is 0.199 e. The molecule has 8 heteroatoms. The third-order valence-corrected chi connectivity index (χ3v) is 7.02. The molecular formula is C20H22ClN5S2. The number of rotatable bonds is 5. The first-order valence-electron chi connectivity index (χ1n) is 9.66. The summed E-state index contributed by atoms with van der Waals surface area (Å²) in [6.45, 7) is 4.60. The van der Waals surface area contributed by atoms with Gasteiger partial charge in [0.05, 0.1) is 22.3 Å². The zero-order valence-electron chi connectivity index (χ0n) is 15.5. The number of thiophene rings is 1. The molecule has 0 atom stereocenters. The van der Waals surface area contributed by atoms with E-state index in [-0.39, 0.29) is 0 Å². The van der Waals surface area contributed by atoms with Gasteiger partial charge in [-0.15, -0.1) is 16.4 Å². The van der Waals surface area contributed by atoms with E-state index in [1.54, 1.807) is 11.3 Å². The molecular weight excluding hydrogens is 410 g/mol. The number of benzene rings is 1. The van der Waals surface area contributed by atoms with E-state index in [1.807, 2.05) is 22.9 Å². The predicted octanol–water partition coefficient (Wildman–Crippen LogP) is 4.91. The van der Waals surface area contributed by atoms with Crippen LogP contribution < -0.4 is 4.90 Å². The van der Waals surface area contributed by atoms with Gasteiger partial charge in [0, 0.05) is 32.2 Å². The summed E-state index contributed by atoms with van der Waals surface area (Å²) in [7, 11) is 0. The van der Waals surface area contributed by atoms with Crippen LogP contribution in [0.3, 0.4) is 0 Å². The molecule has 146 valence electrons. The van der Waals surface area contributed by atoms with Crippen molar-refractivity contribution in [3.8, 4) is 10.7 Å². The first kappa shape index (κ1) is 18.4. The SMILES string of the molecule is S=c1n(CN2CCN(c3ccccc3Cl)CC2)nc(-c2cccs2)n1C1CC1. The Bertz CT molecular complexity index is 1010. The highest BCUT2D eigenvalue weighted by molar-refractivity contribution is 7.71. The minimum absolute atomic E-state index is 0.524. The number of piperazine rings is 1. The van der Waals surface area contributed by atoms with E-state index in [9.17, 15) is 0 Å². The zero-order chi connectivity index (χ0) is 19.1. The number of nitrogens with zero attached hydrogens (tertiary/aromatic N) is 5. The van der Waals surface area contributed by atoms with Crippen molar-refractivity contribution in [1.29, 1.82) is 0 Å². The van der Waals surface area contributed by atoms with Gasteiger partial charge < -0.3 is 4.90 Å². The van der Waals surface area contributed by atoms with E-state index in [0.29, 0.717) is 6.04 Å². The molecule has 2 aromatic heterocycles. The summed E-state index contributed by atoms with van der Waals surface area (Å²) in [5, 5.41) is 7.83. The van der Waals surface area contributed by atoms with Gasteiger partial charge in [0.25, 0.3) is 0 Å². The second kappa shape index (κ2) is 7.63. The van der Waals surface area contributed by atoms with Crippen LogP contribution in [0.15, 0.2) is 41.8 Å². The van der Waals surface area contributed by atoms with Crippen molar-refractivity contribution in [2.45, 2.75) is 25.6 Å². The number of para-hydroxylation sites is 1. The molecule has 3 aromatic rings. The minimum atomic E-state index is 0.524. The monoisotopic (exact) mass is 431 g/mol. The number of halogens is 1. The van der Waals surface area contributed by atoms with E-state index in [4.69, 9.17) is 28.9 Å². The standard InChI is InChI=1S/C20H22ClN5S2/c21-16-4-1-2-5-17(16)24-11-9-23(10-12-24)14-25-20(27)26(15-7-8-15)19(22-25)18-6-3-13-28-18/h1-6,13,15H,7-12,14H2. The first-order chi connectivity index (χ1) is 13.7. The van der Waals surface area contributed by atoms with Gasteiger partial charge in [0.15, 0.2) is 10.6 Å². The van der Waals surface area contributed by atoms with Gasteiger partial charge in [-0.25, -0.2) is 4.68 Å². The molecule has 5 rings (SSSR count). The van der Waals surface area contributed by atoms with E-state index >= 15 is 0 Å². The Morgan fingerprint density at radius 3 is 2.54 bits per heavy atom. The number of aromatic nitrogens is 3. The Labute approximate surface area is 178 Å². The average molecular weight is 432 g/mol. The van der Waals surface area contributed by atoms with Crippen LogP contribution in [-0.2, 0) is 6.67 Å². The summed E-state index contributed by atoms with van der Waals surface area (Å²) in [5.74, 6) is 1.03. The summed E-state index contributed by atoms with van der Waals surface area (Å²) < 4.78 is 5.12. The van der Waals surface area contributed by atoms with Gasteiger partial charge in [0.1, 0.15) is 0 Å². The summed E-state index contributed by atoms with van der Waals surface area (Å²) in [6, 6.07) is 12.8. The van der Waals surface area contributed by atoms with E-state index in [2.05, 4.69) is 37.9 Å². The highest BCUT2D eigenvalue weighted by atomic mass is 35.5. The van der Waals surface area contributed by atoms with Crippen molar-refractivity contribution in [1.82, 2.24) is 19.2 Å². The fourth-order valence-electron chi connectivity index (χ4n) is 3.78. The van der Waals surface area contributed by atoms with E-state index < -0.39 is 0 Å². The lowest BCUT2D eigenvalue weighted by atomic mass is 10.2. The molecule has 0 unspecified atom stereocenters. The maximum atomic E-state index is 6.36. The van der Waals surface area contributed by atoms with Crippen LogP contribution in [0.2, 0.25) is 5.02 Å². The summed E-state index contributed by atoms with van der Waals surface area (Å²) >= 11 is 13.9. The van der Waals surface area contributed by atoms with Gasteiger partial charge in [0.2, 0.25) is 0 Å². The number of hydrogen-bond acceptors (Lipinski definition) is 5. The first-order valence-corrected chi connectivity index (χ1v) is 11.3. The van der Waals surface area contributed by atoms with Crippen molar-refractivity contribution in [3.05, 3.63) is 51.6 Å². The fourth-order valence-corrected chi connectivity index (χ4v) is 5.07. The molecule has 0 N–H and O–H groups in total. The molecule has 5 nitrogen and oxygen atoms in total. The molecule has 2 fully saturated rings. The fraction of sp³-hybridized carbons (Fsp3) is 0.400. The summed E-state index contributed by atoms with van der Waals surface area (Å²) in [6.07, 6.45) is 2.41. The molecule has 0 radical (unpaired) electrons. The van der Waals surface area contributed by atoms with Crippen molar-refractivity contribution in [2.75, 3.05) is 31.1 Å². The van der Waals surface area contributed by atoms with E-state index in [1.165, 1.54) is 17.7 Å². The quantitative estimate of drug-likeness (QED) is 0.537. The van der Waals surface area contributed by atoms with Crippen LogP contribution in [-0.4, -0.2) is 45.4 Å². The molecule has 1 aliphatic heterocycles. The molecule has 1 aliphatic carbocycles. The molecule has 0 bridgehead atoms. The Morgan fingerprint density at radius 1 is 1.07 bits per heavy atom. The van der Waals surface area contributed by atoms with Gasteiger partial charge in [-0.3, -0.25) is 9.47 Å². The van der Waals surface area contributed by atoms with Crippen LogP contribution in [0.4, 0.5) is 5.69 Å².